The average Bonchev–Trinajstić information content (AvgIpc) is 2.81. The second-order valence-electron chi connectivity index (χ2n) is 4.35. The Balaban J connectivity index is 1.81. The lowest BCUT2D eigenvalue weighted by atomic mass is 10.2. The zero-order valence-electron chi connectivity index (χ0n) is 10.3. The van der Waals surface area contributed by atoms with Crippen molar-refractivity contribution in [1.29, 1.82) is 0 Å². The van der Waals surface area contributed by atoms with Crippen LogP contribution in [0, 0.1) is 0 Å². The first-order valence-electron chi connectivity index (χ1n) is 5.98. The van der Waals surface area contributed by atoms with Crippen LogP contribution in [-0.2, 0) is 11.3 Å². The van der Waals surface area contributed by atoms with Crippen LogP contribution in [0.5, 0.6) is 11.5 Å². The van der Waals surface area contributed by atoms with Crippen LogP contribution in [0.3, 0.4) is 0 Å². The van der Waals surface area contributed by atoms with Crippen LogP contribution < -0.4 is 14.8 Å². The van der Waals surface area contributed by atoms with Crippen LogP contribution in [0.1, 0.15) is 25.3 Å². The fourth-order valence-corrected chi connectivity index (χ4v) is 1.68. The number of rotatable bonds is 5. The summed E-state index contributed by atoms with van der Waals surface area (Å²) in [4.78, 5) is 11.5. The molecule has 1 amide bonds. The number of carbonyl (C=O) groups is 1. The van der Waals surface area contributed by atoms with Gasteiger partial charge in [-0.2, -0.15) is 0 Å². The number of hydrogen-bond donors (Lipinski definition) is 2. The minimum atomic E-state index is -0.443. The van der Waals surface area contributed by atoms with E-state index in [0.717, 1.165) is 11.3 Å². The predicted octanol–water partition coefficient (Wildman–Crippen LogP) is 1.19. The maximum atomic E-state index is 11.5. The third-order valence-corrected chi connectivity index (χ3v) is 2.72. The lowest BCUT2D eigenvalue weighted by Gasteiger charge is -2.07. The molecule has 0 radical (unpaired) electrons. The Bertz CT molecular complexity index is 431. The summed E-state index contributed by atoms with van der Waals surface area (Å²) in [6, 6.07) is 5.58. The van der Waals surface area contributed by atoms with Gasteiger partial charge in [-0.15, -0.1) is 0 Å². The van der Waals surface area contributed by atoms with Gasteiger partial charge in [-0.3, -0.25) is 4.79 Å². The Labute approximate surface area is 106 Å². The molecular formula is C13H17NO4. The number of ether oxygens (including phenoxy) is 2. The van der Waals surface area contributed by atoms with Gasteiger partial charge in [-0.1, -0.05) is 6.07 Å². The zero-order valence-corrected chi connectivity index (χ0v) is 10.3. The normalized spacial score (nSPS) is 14.3. The van der Waals surface area contributed by atoms with E-state index >= 15 is 0 Å². The third-order valence-electron chi connectivity index (χ3n) is 2.72. The van der Waals surface area contributed by atoms with Crippen LogP contribution in [0.2, 0.25) is 0 Å². The number of nitrogens with one attached hydrogen (secondary N) is 1. The summed E-state index contributed by atoms with van der Waals surface area (Å²) in [6.07, 6.45) is 0.371. The molecular weight excluding hydrogens is 234 g/mol. The SMILES string of the molecule is CC(O)CCC(=O)NCc1ccc2c(c1)OCO2. The van der Waals surface area contributed by atoms with Crippen LogP contribution in [-0.4, -0.2) is 23.9 Å². The van der Waals surface area contributed by atoms with Crippen LogP contribution in [0.4, 0.5) is 0 Å². The molecule has 1 atom stereocenters. The third kappa shape index (κ3) is 3.37. The summed E-state index contributed by atoms with van der Waals surface area (Å²) >= 11 is 0. The quantitative estimate of drug-likeness (QED) is 0.825. The highest BCUT2D eigenvalue weighted by Gasteiger charge is 2.13. The first-order valence-corrected chi connectivity index (χ1v) is 5.98. The largest absolute Gasteiger partial charge is 0.454 e. The Morgan fingerprint density at radius 3 is 3.00 bits per heavy atom. The van der Waals surface area contributed by atoms with Gasteiger partial charge in [0, 0.05) is 13.0 Å². The van der Waals surface area contributed by atoms with Gasteiger partial charge in [-0.05, 0) is 31.0 Å². The van der Waals surface area contributed by atoms with E-state index in [1.165, 1.54) is 0 Å². The van der Waals surface area contributed by atoms with Gasteiger partial charge in [0.05, 0.1) is 6.10 Å². The Morgan fingerprint density at radius 2 is 2.22 bits per heavy atom. The van der Waals surface area contributed by atoms with E-state index in [1.807, 2.05) is 18.2 Å². The molecule has 1 aromatic rings. The maximum Gasteiger partial charge on any atom is 0.231 e. The molecule has 2 N–H and O–H groups in total. The van der Waals surface area contributed by atoms with Crippen molar-refractivity contribution < 1.29 is 19.4 Å². The molecule has 2 rings (SSSR count). The Kier molecular flexibility index (Phi) is 4.04. The Hall–Kier alpha value is -1.75. The number of aliphatic hydroxyl groups is 1. The molecule has 0 fully saturated rings. The molecule has 1 heterocycles. The average molecular weight is 251 g/mol. The van der Waals surface area contributed by atoms with Gasteiger partial charge < -0.3 is 19.9 Å². The van der Waals surface area contributed by atoms with Crippen molar-refractivity contribution in [1.82, 2.24) is 5.32 Å². The lowest BCUT2D eigenvalue weighted by Crippen LogP contribution is -2.23. The zero-order chi connectivity index (χ0) is 13.0. The number of amides is 1. The number of benzene rings is 1. The second kappa shape index (κ2) is 5.73. The molecule has 0 saturated carbocycles. The Morgan fingerprint density at radius 1 is 1.44 bits per heavy atom. The van der Waals surface area contributed by atoms with Gasteiger partial charge in [0.2, 0.25) is 12.7 Å². The van der Waals surface area contributed by atoms with Crippen LogP contribution >= 0.6 is 0 Å². The molecule has 1 aliphatic rings. The van der Waals surface area contributed by atoms with Crippen molar-refractivity contribution in [3.05, 3.63) is 23.8 Å². The maximum absolute atomic E-state index is 11.5. The number of carbonyl (C=O) groups excluding carboxylic acids is 1. The molecule has 5 nitrogen and oxygen atoms in total. The topological polar surface area (TPSA) is 67.8 Å². The van der Waals surface area contributed by atoms with Gasteiger partial charge in [0.25, 0.3) is 0 Å². The van der Waals surface area contributed by atoms with E-state index in [4.69, 9.17) is 14.6 Å². The monoisotopic (exact) mass is 251 g/mol. The van der Waals surface area contributed by atoms with Gasteiger partial charge in [0.1, 0.15) is 0 Å². The molecule has 0 spiro atoms. The molecule has 5 heteroatoms. The highest BCUT2D eigenvalue weighted by Crippen LogP contribution is 2.32. The van der Waals surface area contributed by atoms with Crippen molar-refractivity contribution >= 4 is 5.91 Å². The van der Waals surface area contributed by atoms with E-state index in [1.54, 1.807) is 6.92 Å². The summed E-state index contributed by atoms with van der Waals surface area (Å²) in [5, 5.41) is 11.9. The first kappa shape index (κ1) is 12.7. The van der Waals surface area contributed by atoms with Crippen molar-refractivity contribution in [3.8, 4) is 11.5 Å². The molecule has 0 saturated heterocycles. The van der Waals surface area contributed by atoms with Crippen LogP contribution in [0.15, 0.2) is 18.2 Å². The summed E-state index contributed by atoms with van der Waals surface area (Å²) in [5.74, 6) is 1.39. The highest BCUT2D eigenvalue weighted by molar-refractivity contribution is 5.75. The first-order chi connectivity index (χ1) is 8.65. The minimum Gasteiger partial charge on any atom is -0.454 e. The van der Waals surface area contributed by atoms with Gasteiger partial charge >= 0.3 is 0 Å². The van der Waals surface area contributed by atoms with Crippen molar-refractivity contribution in [3.63, 3.8) is 0 Å². The van der Waals surface area contributed by atoms with Gasteiger partial charge in [0.15, 0.2) is 11.5 Å². The van der Waals surface area contributed by atoms with E-state index < -0.39 is 6.10 Å². The van der Waals surface area contributed by atoms with E-state index in [2.05, 4.69) is 5.32 Å². The van der Waals surface area contributed by atoms with E-state index in [0.29, 0.717) is 25.1 Å². The summed E-state index contributed by atoms with van der Waals surface area (Å²) in [6.45, 7) is 2.37. The van der Waals surface area contributed by atoms with E-state index in [-0.39, 0.29) is 12.7 Å². The smallest absolute Gasteiger partial charge is 0.231 e. The molecule has 0 aliphatic carbocycles. The minimum absolute atomic E-state index is 0.0615. The summed E-state index contributed by atoms with van der Waals surface area (Å²) < 4.78 is 10.5. The van der Waals surface area contributed by atoms with E-state index in [9.17, 15) is 4.79 Å². The standard InChI is InChI=1S/C13H17NO4/c1-9(15)2-5-13(16)14-7-10-3-4-11-12(6-10)18-8-17-11/h3-4,6,9,15H,2,5,7-8H2,1H3,(H,14,16). The van der Waals surface area contributed by atoms with Crippen molar-refractivity contribution in [2.45, 2.75) is 32.4 Å². The predicted molar refractivity (Wildman–Crippen MR) is 65.3 cm³/mol. The fraction of sp³-hybridized carbons (Fsp3) is 0.462. The molecule has 1 unspecified atom stereocenters. The summed E-state index contributed by atoms with van der Waals surface area (Å²) in [5.41, 5.74) is 0.963. The molecule has 0 aromatic heterocycles. The highest BCUT2D eigenvalue weighted by atomic mass is 16.7. The molecule has 18 heavy (non-hydrogen) atoms. The molecule has 1 aromatic carbocycles. The molecule has 98 valence electrons. The van der Waals surface area contributed by atoms with Crippen molar-refractivity contribution in [2.75, 3.05) is 6.79 Å². The number of aliphatic hydroxyl groups excluding tert-OH is 1. The second-order valence-corrected chi connectivity index (χ2v) is 4.35. The molecule has 1 aliphatic heterocycles. The number of fused-ring (bicyclic) bond motifs is 1. The summed E-state index contributed by atoms with van der Waals surface area (Å²) in [7, 11) is 0. The van der Waals surface area contributed by atoms with Gasteiger partial charge in [-0.25, -0.2) is 0 Å². The fourth-order valence-electron chi connectivity index (χ4n) is 1.68. The van der Waals surface area contributed by atoms with Crippen molar-refractivity contribution in [2.24, 2.45) is 0 Å². The lowest BCUT2D eigenvalue weighted by molar-refractivity contribution is -0.121. The number of hydrogen-bond acceptors (Lipinski definition) is 4. The van der Waals surface area contributed by atoms with Crippen LogP contribution in [0.25, 0.3) is 0 Å². The molecule has 0 bridgehead atoms.